The van der Waals surface area contributed by atoms with Crippen molar-refractivity contribution >= 4 is 0 Å². The molecule has 1 aliphatic carbocycles. The van der Waals surface area contributed by atoms with E-state index < -0.39 is 0 Å². The minimum atomic E-state index is 0.677. The van der Waals surface area contributed by atoms with E-state index in [1.54, 1.807) is 0 Å². The smallest absolute Gasteiger partial charge is 0.0239 e. The molecule has 0 spiro atoms. The van der Waals surface area contributed by atoms with Crippen molar-refractivity contribution in [3.05, 3.63) is 12.7 Å². The maximum Gasteiger partial charge on any atom is -0.0239 e. The molecule has 1 aliphatic rings. The summed E-state index contributed by atoms with van der Waals surface area (Å²) in [6.45, 7) is 11.0. The van der Waals surface area contributed by atoms with E-state index in [0.29, 0.717) is 5.92 Å². The molecule has 3 atom stereocenters. The van der Waals surface area contributed by atoms with Crippen LogP contribution < -0.4 is 0 Å². The number of hydrogen-bond acceptors (Lipinski definition) is 0. The molecule has 0 bridgehead atoms. The first-order valence-corrected chi connectivity index (χ1v) is 6.77. The molecular weight excluding hydrogens is 180 g/mol. The number of allylic oxidation sites excluding steroid dienone is 1. The molecule has 0 radical (unpaired) electrons. The standard InChI is InChI=1S/C15H28/c1-5-12(2)13(3)11-14(4)15-9-7-6-8-10-15/h5,12-15H,1,6-11H2,2-4H3. The van der Waals surface area contributed by atoms with E-state index in [1.807, 2.05) is 0 Å². The third-order valence-corrected chi connectivity index (χ3v) is 4.47. The summed E-state index contributed by atoms with van der Waals surface area (Å²) >= 11 is 0. The van der Waals surface area contributed by atoms with Crippen molar-refractivity contribution in [3.63, 3.8) is 0 Å². The summed E-state index contributed by atoms with van der Waals surface area (Å²) in [4.78, 5) is 0. The van der Waals surface area contributed by atoms with Gasteiger partial charge in [-0.25, -0.2) is 0 Å². The molecule has 0 nitrogen and oxygen atoms in total. The molecule has 0 aliphatic heterocycles. The molecule has 0 saturated heterocycles. The minimum Gasteiger partial charge on any atom is -0.103 e. The average Bonchev–Trinajstić information content (AvgIpc) is 2.29. The second kappa shape index (κ2) is 6.35. The van der Waals surface area contributed by atoms with Crippen molar-refractivity contribution < 1.29 is 0 Å². The van der Waals surface area contributed by atoms with Crippen LogP contribution in [-0.2, 0) is 0 Å². The van der Waals surface area contributed by atoms with Gasteiger partial charge in [0.25, 0.3) is 0 Å². The molecule has 88 valence electrons. The maximum absolute atomic E-state index is 3.90. The summed E-state index contributed by atoms with van der Waals surface area (Å²) in [7, 11) is 0. The van der Waals surface area contributed by atoms with E-state index in [2.05, 4.69) is 33.4 Å². The molecule has 0 heteroatoms. The fourth-order valence-corrected chi connectivity index (χ4v) is 2.93. The monoisotopic (exact) mass is 208 g/mol. The lowest BCUT2D eigenvalue weighted by Crippen LogP contribution is -2.19. The van der Waals surface area contributed by atoms with E-state index in [4.69, 9.17) is 0 Å². The molecule has 3 unspecified atom stereocenters. The Labute approximate surface area is 96.2 Å². The van der Waals surface area contributed by atoms with Gasteiger partial charge >= 0.3 is 0 Å². The molecule has 0 amide bonds. The summed E-state index contributed by atoms with van der Waals surface area (Å²) in [6.07, 6.45) is 10.9. The Hall–Kier alpha value is -0.260. The van der Waals surface area contributed by atoms with Gasteiger partial charge in [0.05, 0.1) is 0 Å². The van der Waals surface area contributed by atoms with Crippen LogP contribution in [0.1, 0.15) is 59.3 Å². The summed E-state index contributed by atoms with van der Waals surface area (Å²) in [5, 5.41) is 0. The van der Waals surface area contributed by atoms with Crippen LogP contribution in [-0.4, -0.2) is 0 Å². The highest BCUT2D eigenvalue weighted by molar-refractivity contribution is 4.81. The molecule has 1 saturated carbocycles. The highest BCUT2D eigenvalue weighted by atomic mass is 14.3. The van der Waals surface area contributed by atoms with Gasteiger partial charge in [-0.1, -0.05) is 59.0 Å². The van der Waals surface area contributed by atoms with Gasteiger partial charge in [-0.05, 0) is 30.1 Å². The van der Waals surface area contributed by atoms with Crippen molar-refractivity contribution in [3.8, 4) is 0 Å². The summed E-state index contributed by atoms with van der Waals surface area (Å²) in [5.41, 5.74) is 0. The van der Waals surface area contributed by atoms with Gasteiger partial charge in [-0.15, -0.1) is 6.58 Å². The molecule has 0 aromatic heterocycles. The summed E-state index contributed by atoms with van der Waals surface area (Å²) in [5.74, 6) is 3.41. The third-order valence-electron chi connectivity index (χ3n) is 4.47. The van der Waals surface area contributed by atoms with Gasteiger partial charge in [0.1, 0.15) is 0 Å². The van der Waals surface area contributed by atoms with Gasteiger partial charge in [0.2, 0.25) is 0 Å². The largest absolute Gasteiger partial charge is 0.103 e. The van der Waals surface area contributed by atoms with Crippen LogP contribution in [0.3, 0.4) is 0 Å². The van der Waals surface area contributed by atoms with Crippen LogP contribution >= 0.6 is 0 Å². The summed E-state index contributed by atoms with van der Waals surface area (Å²) in [6, 6.07) is 0. The van der Waals surface area contributed by atoms with Crippen LogP contribution in [0.2, 0.25) is 0 Å². The second-order valence-corrected chi connectivity index (χ2v) is 5.68. The quantitative estimate of drug-likeness (QED) is 0.555. The van der Waals surface area contributed by atoms with Gasteiger partial charge in [-0.2, -0.15) is 0 Å². The highest BCUT2D eigenvalue weighted by Gasteiger charge is 2.22. The first-order valence-electron chi connectivity index (χ1n) is 6.77. The zero-order valence-electron chi connectivity index (χ0n) is 10.8. The molecule has 15 heavy (non-hydrogen) atoms. The molecule has 0 heterocycles. The Kier molecular flexibility index (Phi) is 5.42. The Morgan fingerprint density at radius 2 is 1.73 bits per heavy atom. The number of hydrogen-bond donors (Lipinski definition) is 0. The van der Waals surface area contributed by atoms with Gasteiger partial charge < -0.3 is 0 Å². The van der Waals surface area contributed by atoms with E-state index in [-0.39, 0.29) is 0 Å². The zero-order chi connectivity index (χ0) is 11.3. The van der Waals surface area contributed by atoms with Crippen LogP contribution in [0, 0.1) is 23.7 Å². The van der Waals surface area contributed by atoms with E-state index >= 15 is 0 Å². The molecule has 0 N–H and O–H groups in total. The van der Waals surface area contributed by atoms with Crippen molar-refractivity contribution in [2.75, 3.05) is 0 Å². The zero-order valence-corrected chi connectivity index (χ0v) is 10.8. The van der Waals surface area contributed by atoms with Crippen molar-refractivity contribution in [2.45, 2.75) is 59.3 Å². The Bertz CT molecular complexity index is 176. The van der Waals surface area contributed by atoms with Gasteiger partial charge in [-0.3, -0.25) is 0 Å². The SMILES string of the molecule is C=CC(C)C(C)CC(C)C1CCCCC1. The molecule has 1 rings (SSSR count). The van der Waals surface area contributed by atoms with Crippen LogP contribution in [0.25, 0.3) is 0 Å². The fourth-order valence-electron chi connectivity index (χ4n) is 2.93. The Morgan fingerprint density at radius 3 is 2.27 bits per heavy atom. The average molecular weight is 208 g/mol. The van der Waals surface area contributed by atoms with Gasteiger partial charge in [0, 0.05) is 0 Å². The van der Waals surface area contributed by atoms with E-state index in [9.17, 15) is 0 Å². The van der Waals surface area contributed by atoms with Crippen molar-refractivity contribution in [1.29, 1.82) is 0 Å². The van der Waals surface area contributed by atoms with Crippen LogP contribution in [0.4, 0.5) is 0 Å². The molecule has 0 aromatic carbocycles. The molecule has 0 aromatic rings. The van der Waals surface area contributed by atoms with E-state index in [0.717, 1.165) is 17.8 Å². The lowest BCUT2D eigenvalue weighted by Gasteiger charge is -2.30. The Morgan fingerprint density at radius 1 is 1.13 bits per heavy atom. The molecular formula is C15H28. The van der Waals surface area contributed by atoms with E-state index in [1.165, 1.54) is 38.5 Å². The molecule has 1 fully saturated rings. The maximum atomic E-state index is 3.90. The summed E-state index contributed by atoms with van der Waals surface area (Å²) < 4.78 is 0. The number of rotatable bonds is 5. The Balaban J connectivity index is 2.32. The second-order valence-electron chi connectivity index (χ2n) is 5.68. The van der Waals surface area contributed by atoms with Crippen LogP contribution in [0.15, 0.2) is 12.7 Å². The predicted octanol–water partition coefficient (Wildman–Crippen LogP) is 5.05. The third kappa shape index (κ3) is 4.01. The topological polar surface area (TPSA) is 0 Å². The minimum absolute atomic E-state index is 0.677. The van der Waals surface area contributed by atoms with Gasteiger partial charge in [0.15, 0.2) is 0 Å². The highest BCUT2D eigenvalue weighted by Crippen LogP contribution is 2.34. The van der Waals surface area contributed by atoms with Crippen molar-refractivity contribution in [1.82, 2.24) is 0 Å². The van der Waals surface area contributed by atoms with Crippen molar-refractivity contribution in [2.24, 2.45) is 23.7 Å². The predicted molar refractivity (Wildman–Crippen MR) is 68.9 cm³/mol. The van der Waals surface area contributed by atoms with Crippen LogP contribution in [0.5, 0.6) is 0 Å². The normalized spacial score (nSPS) is 24.5. The lowest BCUT2D eigenvalue weighted by molar-refractivity contribution is 0.217. The fraction of sp³-hybridized carbons (Fsp3) is 0.867. The first-order chi connectivity index (χ1) is 7.15. The first kappa shape index (κ1) is 12.8. The lowest BCUT2D eigenvalue weighted by atomic mass is 9.75.